The molecule has 20 heavy (non-hydrogen) atoms. The van der Waals surface area contributed by atoms with Crippen molar-refractivity contribution in [3.63, 3.8) is 0 Å². The summed E-state index contributed by atoms with van der Waals surface area (Å²) in [4.78, 5) is 2.80. The molecule has 1 aliphatic rings. The lowest BCUT2D eigenvalue weighted by Gasteiger charge is -2.35. The number of hydrogen-bond acceptors (Lipinski definition) is 3. The standard InChI is InChI=1S/C12H17F3N2S.2ClH/c1-9-2-7-18-11(9)10(8-12(13,14)15)17-5-3-16-4-6-17;;/h2,7,10,16H,3-6,8H2,1H3;2*1H/t10-;;/m1../s1. The zero-order valence-corrected chi connectivity index (χ0v) is 13.5. The lowest BCUT2D eigenvalue weighted by Crippen LogP contribution is -2.46. The van der Waals surface area contributed by atoms with E-state index in [1.54, 1.807) is 0 Å². The highest BCUT2D eigenvalue weighted by atomic mass is 35.5. The Kier molecular flexibility index (Phi) is 8.43. The first-order valence-electron chi connectivity index (χ1n) is 6.03. The zero-order chi connectivity index (χ0) is 13.2. The van der Waals surface area contributed by atoms with Gasteiger partial charge in [0.25, 0.3) is 0 Å². The van der Waals surface area contributed by atoms with E-state index in [1.165, 1.54) is 11.3 Å². The first kappa shape index (κ1) is 20.0. The van der Waals surface area contributed by atoms with Crippen LogP contribution < -0.4 is 5.32 Å². The third-order valence-corrected chi connectivity index (χ3v) is 4.34. The molecular weight excluding hydrogens is 332 g/mol. The molecule has 1 fully saturated rings. The molecule has 0 aliphatic carbocycles. The second kappa shape index (κ2) is 8.44. The molecule has 2 heterocycles. The fraction of sp³-hybridized carbons (Fsp3) is 0.667. The van der Waals surface area contributed by atoms with E-state index in [-0.39, 0.29) is 24.8 Å². The minimum Gasteiger partial charge on any atom is -0.314 e. The Bertz CT molecular complexity index is 392. The molecule has 0 aromatic carbocycles. The molecule has 0 bridgehead atoms. The lowest BCUT2D eigenvalue weighted by atomic mass is 10.1. The molecule has 1 N–H and O–H groups in total. The predicted molar refractivity (Wildman–Crippen MR) is 81.4 cm³/mol. The highest BCUT2D eigenvalue weighted by molar-refractivity contribution is 7.10. The van der Waals surface area contributed by atoms with Crippen molar-refractivity contribution in [3.8, 4) is 0 Å². The number of nitrogens with one attached hydrogen (secondary N) is 1. The van der Waals surface area contributed by atoms with Crippen molar-refractivity contribution in [1.29, 1.82) is 0 Å². The van der Waals surface area contributed by atoms with Crippen LogP contribution in [0, 0.1) is 6.92 Å². The van der Waals surface area contributed by atoms with Gasteiger partial charge in [-0.25, -0.2) is 0 Å². The Labute approximate surface area is 133 Å². The van der Waals surface area contributed by atoms with Gasteiger partial charge in [0.05, 0.1) is 12.5 Å². The Morgan fingerprint density at radius 3 is 2.35 bits per heavy atom. The molecule has 1 aromatic rings. The number of thiophene rings is 1. The second-order valence-electron chi connectivity index (χ2n) is 4.59. The largest absolute Gasteiger partial charge is 0.390 e. The topological polar surface area (TPSA) is 15.3 Å². The van der Waals surface area contributed by atoms with Crippen molar-refractivity contribution < 1.29 is 13.2 Å². The fourth-order valence-electron chi connectivity index (χ4n) is 2.33. The maximum Gasteiger partial charge on any atom is 0.390 e. The number of halogens is 5. The predicted octanol–water partition coefficient (Wildman–Crippen LogP) is 3.80. The van der Waals surface area contributed by atoms with Crippen molar-refractivity contribution in [2.24, 2.45) is 0 Å². The SMILES string of the molecule is Cc1ccsc1[C@@H](CC(F)(F)F)N1CCNCC1.Cl.Cl. The summed E-state index contributed by atoms with van der Waals surface area (Å²) >= 11 is 1.43. The average molecular weight is 351 g/mol. The molecule has 0 amide bonds. The molecule has 1 saturated heterocycles. The van der Waals surface area contributed by atoms with E-state index < -0.39 is 18.6 Å². The van der Waals surface area contributed by atoms with Gasteiger partial charge in [0, 0.05) is 31.1 Å². The van der Waals surface area contributed by atoms with Crippen LogP contribution in [0.2, 0.25) is 0 Å². The summed E-state index contributed by atoms with van der Waals surface area (Å²) in [5.41, 5.74) is 0.966. The smallest absolute Gasteiger partial charge is 0.314 e. The highest BCUT2D eigenvalue weighted by Gasteiger charge is 2.36. The van der Waals surface area contributed by atoms with E-state index in [9.17, 15) is 13.2 Å². The van der Waals surface area contributed by atoms with Gasteiger partial charge in [0.2, 0.25) is 0 Å². The number of piperazine rings is 1. The number of rotatable bonds is 3. The van der Waals surface area contributed by atoms with Crippen molar-refractivity contribution in [1.82, 2.24) is 10.2 Å². The molecular formula is C12H19Cl2F3N2S. The number of nitrogens with zero attached hydrogens (tertiary/aromatic N) is 1. The van der Waals surface area contributed by atoms with Gasteiger partial charge in [0.15, 0.2) is 0 Å². The van der Waals surface area contributed by atoms with E-state index in [2.05, 4.69) is 5.32 Å². The van der Waals surface area contributed by atoms with Crippen LogP contribution in [0.3, 0.4) is 0 Å². The molecule has 1 aliphatic heterocycles. The van der Waals surface area contributed by atoms with Gasteiger partial charge >= 0.3 is 6.18 Å². The Morgan fingerprint density at radius 1 is 1.30 bits per heavy atom. The first-order valence-corrected chi connectivity index (χ1v) is 6.91. The molecule has 1 aromatic heterocycles. The highest BCUT2D eigenvalue weighted by Crippen LogP contribution is 2.37. The third kappa shape index (κ3) is 5.41. The lowest BCUT2D eigenvalue weighted by molar-refractivity contribution is -0.148. The Hall–Kier alpha value is -0.0100. The summed E-state index contributed by atoms with van der Waals surface area (Å²) in [6, 6.07) is 1.37. The van der Waals surface area contributed by atoms with Gasteiger partial charge in [-0.3, -0.25) is 4.90 Å². The van der Waals surface area contributed by atoms with E-state index in [0.29, 0.717) is 13.1 Å². The van der Waals surface area contributed by atoms with Gasteiger partial charge in [-0.05, 0) is 23.9 Å². The van der Waals surface area contributed by atoms with Gasteiger partial charge < -0.3 is 5.32 Å². The number of alkyl halides is 3. The molecule has 0 radical (unpaired) electrons. The maximum absolute atomic E-state index is 12.7. The van der Waals surface area contributed by atoms with Crippen LogP contribution in [0.1, 0.15) is 22.9 Å². The quantitative estimate of drug-likeness (QED) is 0.891. The fourth-order valence-corrected chi connectivity index (χ4v) is 3.39. The van der Waals surface area contributed by atoms with E-state index in [1.807, 2.05) is 23.3 Å². The van der Waals surface area contributed by atoms with Crippen molar-refractivity contribution in [2.45, 2.75) is 25.6 Å². The third-order valence-electron chi connectivity index (χ3n) is 3.22. The summed E-state index contributed by atoms with van der Waals surface area (Å²) in [6.45, 7) is 4.77. The summed E-state index contributed by atoms with van der Waals surface area (Å²) in [5, 5.41) is 5.04. The van der Waals surface area contributed by atoms with Crippen molar-refractivity contribution >= 4 is 36.2 Å². The van der Waals surface area contributed by atoms with Crippen LogP contribution in [0.4, 0.5) is 13.2 Å². The van der Waals surface area contributed by atoms with Crippen LogP contribution in [-0.2, 0) is 0 Å². The van der Waals surface area contributed by atoms with Gasteiger partial charge in [-0.2, -0.15) is 13.2 Å². The Morgan fingerprint density at radius 2 is 1.90 bits per heavy atom. The first-order chi connectivity index (χ1) is 8.47. The summed E-state index contributed by atoms with van der Waals surface area (Å²) in [6.07, 6.45) is -4.87. The normalized spacial score (nSPS) is 18.0. The minimum absolute atomic E-state index is 0. The van der Waals surface area contributed by atoms with E-state index in [0.717, 1.165) is 23.5 Å². The van der Waals surface area contributed by atoms with Gasteiger partial charge in [-0.1, -0.05) is 0 Å². The molecule has 0 spiro atoms. The molecule has 1 atom stereocenters. The minimum atomic E-state index is -4.12. The number of hydrogen-bond donors (Lipinski definition) is 1. The van der Waals surface area contributed by atoms with Crippen LogP contribution in [0.15, 0.2) is 11.4 Å². The van der Waals surface area contributed by atoms with Crippen molar-refractivity contribution in [2.75, 3.05) is 26.2 Å². The van der Waals surface area contributed by atoms with Crippen molar-refractivity contribution in [3.05, 3.63) is 21.9 Å². The Balaban J connectivity index is 0.00000180. The molecule has 118 valence electrons. The van der Waals surface area contributed by atoms with Gasteiger partial charge in [0.1, 0.15) is 0 Å². The zero-order valence-electron chi connectivity index (χ0n) is 11.1. The molecule has 2 nitrogen and oxygen atoms in total. The molecule has 0 saturated carbocycles. The summed E-state index contributed by atoms with van der Waals surface area (Å²) < 4.78 is 38.2. The summed E-state index contributed by atoms with van der Waals surface area (Å²) in [7, 11) is 0. The monoisotopic (exact) mass is 350 g/mol. The van der Waals surface area contributed by atoms with Gasteiger partial charge in [-0.15, -0.1) is 36.2 Å². The molecule has 2 rings (SSSR count). The molecule has 0 unspecified atom stereocenters. The maximum atomic E-state index is 12.7. The van der Waals surface area contributed by atoms with Crippen LogP contribution >= 0.6 is 36.2 Å². The summed E-state index contributed by atoms with van der Waals surface area (Å²) in [5.74, 6) is 0. The molecule has 8 heteroatoms. The average Bonchev–Trinajstić information content (AvgIpc) is 2.72. The number of aryl methyl sites for hydroxylation is 1. The van der Waals surface area contributed by atoms with E-state index in [4.69, 9.17) is 0 Å². The van der Waals surface area contributed by atoms with Crippen LogP contribution in [-0.4, -0.2) is 37.3 Å². The van der Waals surface area contributed by atoms with Crippen LogP contribution in [0.25, 0.3) is 0 Å². The van der Waals surface area contributed by atoms with E-state index >= 15 is 0 Å². The van der Waals surface area contributed by atoms with Crippen LogP contribution in [0.5, 0.6) is 0 Å². The second-order valence-corrected chi connectivity index (χ2v) is 5.54.